The number of phenolic OH excluding ortho intramolecular Hbond substituents is 1. The third-order valence-electron chi connectivity index (χ3n) is 6.17. The first kappa shape index (κ1) is 25.5. The molecule has 0 atom stereocenters. The van der Waals surface area contributed by atoms with E-state index in [4.69, 9.17) is 25.2 Å². The number of benzene rings is 3. The molecule has 0 bridgehead atoms. The molecule has 0 aliphatic heterocycles. The molecular weight excluding hydrogens is 496 g/mol. The number of anilines is 1. The zero-order valence-electron chi connectivity index (χ0n) is 21.6. The molecule has 4 N–H and O–H groups in total. The summed E-state index contributed by atoms with van der Waals surface area (Å²) in [6.07, 6.45) is 2.18. The molecule has 2 aromatic heterocycles. The fourth-order valence-corrected chi connectivity index (χ4v) is 4.20. The maximum absolute atomic E-state index is 13.4. The summed E-state index contributed by atoms with van der Waals surface area (Å²) in [5.74, 6) is 0.895. The molecule has 0 spiro atoms. The minimum absolute atomic E-state index is 0.0332. The first-order valence-corrected chi connectivity index (χ1v) is 12.5. The van der Waals surface area contributed by atoms with Crippen LogP contribution in [0.5, 0.6) is 17.2 Å². The quantitative estimate of drug-likeness (QED) is 0.247. The van der Waals surface area contributed by atoms with E-state index in [1.165, 1.54) is 10.7 Å². The Labute approximate surface area is 224 Å². The first-order chi connectivity index (χ1) is 19.0. The molecule has 3 aromatic carbocycles. The second kappa shape index (κ2) is 11.1. The molecule has 0 aliphatic rings. The van der Waals surface area contributed by atoms with Crippen LogP contribution in [0.1, 0.15) is 28.4 Å². The lowest BCUT2D eigenvalue weighted by molar-refractivity contribution is 0.0956. The number of hydrogen-bond acceptors (Lipinski definition) is 8. The van der Waals surface area contributed by atoms with E-state index < -0.39 is 0 Å². The van der Waals surface area contributed by atoms with Crippen molar-refractivity contribution in [2.75, 3.05) is 26.0 Å². The van der Waals surface area contributed by atoms with Crippen LogP contribution in [0, 0.1) is 0 Å². The van der Waals surface area contributed by atoms with E-state index in [9.17, 15) is 9.90 Å². The highest BCUT2D eigenvalue weighted by Crippen LogP contribution is 2.29. The van der Waals surface area contributed by atoms with Gasteiger partial charge in [0.15, 0.2) is 17.1 Å². The Balaban J connectivity index is 1.48. The van der Waals surface area contributed by atoms with Crippen LogP contribution >= 0.6 is 0 Å². The number of nitrogen functional groups attached to an aromatic ring is 1. The van der Waals surface area contributed by atoms with Crippen LogP contribution in [0.15, 0.2) is 71.8 Å². The monoisotopic (exact) mass is 524 g/mol. The van der Waals surface area contributed by atoms with Gasteiger partial charge in [0.1, 0.15) is 22.6 Å². The van der Waals surface area contributed by atoms with Gasteiger partial charge in [-0.1, -0.05) is 24.3 Å². The van der Waals surface area contributed by atoms with Crippen molar-refractivity contribution in [2.45, 2.75) is 13.3 Å². The van der Waals surface area contributed by atoms with E-state index in [1.807, 2.05) is 55.5 Å². The summed E-state index contributed by atoms with van der Waals surface area (Å²) >= 11 is 0. The summed E-state index contributed by atoms with van der Waals surface area (Å²) in [6, 6.07) is 19.9. The van der Waals surface area contributed by atoms with Crippen molar-refractivity contribution in [1.29, 1.82) is 0 Å². The largest absolute Gasteiger partial charge is 0.504 e. The molecule has 2 heterocycles. The molecule has 0 saturated carbocycles. The highest BCUT2D eigenvalue weighted by Gasteiger charge is 2.24. The summed E-state index contributed by atoms with van der Waals surface area (Å²) in [6.45, 7) is 2.64. The average molecular weight is 525 g/mol. The number of carbonyl (C=O) groups is 1. The number of aromatic hydroxyl groups is 1. The number of amides is 1. The van der Waals surface area contributed by atoms with Crippen molar-refractivity contribution in [3.05, 3.63) is 83.4 Å². The molecule has 1 amide bonds. The topological polar surface area (TPSA) is 137 Å². The van der Waals surface area contributed by atoms with Gasteiger partial charge in [-0.3, -0.25) is 4.79 Å². The lowest BCUT2D eigenvalue weighted by Crippen LogP contribution is -2.26. The number of carbonyl (C=O) groups excluding carboxylic acids is 1. The van der Waals surface area contributed by atoms with E-state index >= 15 is 0 Å². The molecular formula is C29H28N6O4. The van der Waals surface area contributed by atoms with Crippen molar-refractivity contribution in [2.24, 2.45) is 5.10 Å². The first-order valence-electron chi connectivity index (χ1n) is 12.5. The highest BCUT2D eigenvalue weighted by molar-refractivity contribution is 6.10. The molecule has 0 fully saturated rings. The molecule has 0 saturated heterocycles. The summed E-state index contributed by atoms with van der Waals surface area (Å²) < 4.78 is 12.1. The molecule has 5 rings (SSSR count). The van der Waals surface area contributed by atoms with Crippen LogP contribution < -0.4 is 20.5 Å². The maximum Gasteiger partial charge on any atom is 0.257 e. The van der Waals surface area contributed by atoms with Crippen LogP contribution in [0.25, 0.3) is 22.2 Å². The van der Waals surface area contributed by atoms with Crippen LogP contribution in [-0.2, 0) is 6.42 Å². The minimum Gasteiger partial charge on any atom is -0.504 e. The number of nitrogens with two attached hydrogens (primary N) is 1. The van der Waals surface area contributed by atoms with Crippen LogP contribution in [0.2, 0.25) is 0 Å². The third kappa shape index (κ3) is 5.30. The number of fused-ring (bicyclic) bond motifs is 2. The van der Waals surface area contributed by atoms with Gasteiger partial charge in [-0.2, -0.15) is 9.78 Å². The van der Waals surface area contributed by atoms with Gasteiger partial charge >= 0.3 is 0 Å². The van der Waals surface area contributed by atoms with Crippen molar-refractivity contribution >= 4 is 40.1 Å². The van der Waals surface area contributed by atoms with E-state index in [0.717, 1.165) is 11.3 Å². The van der Waals surface area contributed by atoms with Crippen LogP contribution in [0.3, 0.4) is 0 Å². The summed E-state index contributed by atoms with van der Waals surface area (Å²) in [7, 11) is 1.62. The Morgan fingerprint density at radius 1 is 1.10 bits per heavy atom. The summed E-state index contributed by atoms with van der Waals surface area (Å²) in [5.41, 5.74) is 10.4. The number of methoxy groups -OCH3 is 1. The standard InChI is InChI=1S/C29H28N6O4/c1-3-39-24-16-19(10-13-23(24)36)17-32-35-27(30)25(26-28(35)34-22-7-5-4-6-21(22)33-26)29(37)31-15-14-18-8-11-20(38-2)12-9-18/h4-13,16-17,36H,3,14-15,30H2,1-2H3,(H,31,37)/b32-17-. The number of phenols is 1. The average Bonchev–Trinajstić information content (AvgIpc) is 3.22. The number of rotatable bonds is 9. The smallest absolute Gasteiger partial charge is 0.257 e. The Bertz CT molecular complexity index is 1680. The Kier molecular flexibility index (Phi) is 7.26. The fourth-order valence-electron chi connectivity index (χ4n) is 4.20. The summed E-state index contributed by atoms with van der Waals surface area (Å²) in [5, 5.41) is 17.5. The molecule has 39 heavy (non-hydrogen) atoms. The normalized spacial score (nSPS) is 11.3. The fraction of sp³-hybridized carbons (Fsp3) is 0.172. The third-order valence-corrected chi connectivity index (χ3v) is 6.17. The van der Waals surface area contributed by atoms with E-state index in [-0.39, 0.29) is 23.0 Å². The SMILES string of the molecule is CCOc1cc(/C=N\n2c(N)c(C(=O)NCCc3ccc(OC)cc3)c3nc4ccccc4nc32)ccc1O. The lowest BCUT2D eigenvalue weighted by Gasteiger charge is -2.07. The number of aromatic nitrogens is 3. The van der Waals surface area contributed by atoms with Crippen molar-refractivity contribution < 1.29 is 19.4 Å². The molecule has 0 unspecified atom stereocenters. The van der Waals surface area contributed by atoms with Crippen LogP contribution in [0.4, 0.5) is 5.82 Å². The molecule has 0 aliphatic carbocycles. The van der Waals surface area contributed by atoms with E-state index in [1.54, 1.807) is 25.5 Å². The number of nitrogens with one attached hydrogen (secondary N) is 1. The molecule has 0 radical (unpaired) electrons. The second-order valence-corrected chi connectivity index (χ2v) is 8.72. The number of para-hydroxylation sites is 2. The zero-order chi connectivity index (χ0) is 27.4. The maximum atomic E-state index is 13.4. The van der Waals surface area contributed by atoms with Crippen molar-refractivity contribution in [3.63, 3.8) is 0 Å². The number of hydrogen-bond donors (Lipinski definition) is 3. The number of nitrogens with zero attached hydrogens (tertiary/aromatic N) is 4. The Morgan fingerprint density at radius 2 is 1.85 bits per heavy atom. The van der Waals surface area contributed by atoms with Gasteiger partial charge in [-0.15, -0.1) is 0 Å². The van der Waals surface area contributed by atoms with Gasteiger partial charge in [0.25, 0.3) is 5.91 Å². The minimum atomic E-state index is -0.368. The predicted octanol–water partition coefficient (Wildman–Crippen LogP) is 4.13. The van der Waals surface area contributed by atoms with E-state index in [2.05, 4.69) is 10.4 Å². The van der Waals surface area contributed by atoms with Crippen molar-refractivity contribution in [1.82, 2.24) is 20.0 Å². The Morgan fingerprint density at radius 3 is 2.56 bits per heavy atom. The predicted molar refractivity (Wildman–Crippen MR) is 151 cm³/mol. The molecule has 5 aromatic rings. The van der Waals surface area contributed by atoms with E-state index in [0.29, 0.717) is 53.1 Å². The zero-order valence-corrected chi connectivity index (χ0v) is 21.6. The molecule has 198 valence electrons. The van der Waals surface area contributed by atoms with Gasteiger partial charge in [-0.25, -0.2) is 9.97 Å². The lowest BCUT2D eigenvalue weighted by atomic mass is 10.1. The van der Waals surface area contributed by atoms with Crippen LogP contribution in [-0.4, -0.2) is 52.1 Å². The van der Waals surface area contributed by atoms with Gasteiger partial charge in [0.05, 0.1) is 31.0 Å². The van der Waals surface area contributed by atoms with Gasteiger partial charge in [0, 0.05) is 6.54 Å². The van der Waals surface area contributed by atoms with Gasteiger partial charge < -0.3 is 25.6 Å². The highest BCUT2D eigenvalue weighted by atomic mass is 16.5. The van der Waals surface area contributed by atoms with Gasteiger partial charge in [-0.05, 0) is 66.9 Å². The molecule has 10 heteroatoms. The Hall–Kier alpha value is -5.12. The number of ether oxygens (including phenoxy) is 2. The summed E-state index contributed by atoms with van der Waals surface area (Å²) in [4.78, 5) is 22.8. The second-order valence-electron chi connectivity index (χ2n) is 8.72. The molecule has 10 nitrogen and oxygen atoms in total. The van der Waals surface area contributed by atoms with Gasteiger partial charge in [0.2, 0.25) is 0 Å². The van der Waals surface area contributed by atoms with Crippen molar-refractivity contribution in [3.8, 4) is 17.2 Å².